The topological polar surface area (TPSA) is 25.2 Å². The van der Waals surface area contributed by atoms with Crippen LogP contribution in [0.2, 0.25) is 0 Å². The van der Waals surface area contributed by atoms with Crippen molar-refractivity contribution in [3.63, 3.8) is 0 Å². The Kier molecular flexibility index (Phi) is 2.30. The molecule has 1 N–H and O–H groups in total. The molecule has 1 saturated heterocycles. The molecule has 4 rings (SSSR count). The largest absolute Gasteiger partial charge is 0.472 e. The van der Waals surface area contributed by atoms with Gasteiger partial charge in [0.2, 0.25) is 0 Å². The highest BCUT2D eigenvalue weighted by Crippen LogP contribution is 2.40. The predicted octanol–water partition coefficient (Wildman–Crippen LogP) is 3.34. The van der Waals surface area contributed by atoms with Crippen LogP contribution in [-0.2, 0) is 6.42 Å². The third-order valence-electron chi connectivity index (χ3n) is 4.42. The Balaban J connectivity index is 1.76. The van der Waals surface area contributed by atoms with Crippen LogP contribution < -0.4 is 5.32 Å². The second-order valence-electron chi connectivity index (χ2n) is 5.44. The molecule has 2 atom stereocenters. The number of hydrogen-bond donors (Lipinski definition) is 1. The van der Waals surface area contributed by atoms with Gasteiger partial charge in [-0.2, -0.15) is 0 Å². The molecule has 2 heteroatoms. The van der Waals surface area contributed by atoms with Crippen molar-refractivity contribution in [1.82, 2.24) is 5.32 Å². The van der Waals surface area contributed by atoms with E-state index in [-0.39, 0.29) is 0 Å². The molecule has 1 fully saturated rings. The molecule has 2 aliphatic rings. The van der Waals surface area contributed by atoms with Crippen LogP contribution >= 0.6 is 0 Å². The molecule has 0 spiro atoms. The van der Waals surface area contributed by atoms with Crippen LogP contribution in [0.4, 0.5) is 0 Å². The van der Waals surface area contributed by atoms with E-state index in [0.29, 0.717) is 6.04 Å². The van der Waals surface area contributed by atoms with Crippen LogP contribution in [0.5, 0.6) is 0 Å². The maximum atomic E-state index is 5.18. The Morgan fingerprint density at radius 1 is 1.17 bits per heavy atom. The van der Waals surface area contributed by atoms with Gasteiger partial charge in [-0.25, -0.2) is 0 Å². The van der Waals surface area contributed by atoms with Gasteiger partial charge in [0.05, 0.1) is 12.5 Å². The first kappa shape index (κ1) is 10.4. The summed E-state index contributed by atoms with van der Waals surface area (Å²) < 4.78 is 5.18. The van der Waals surface area contributed by atoms with Crippen molar-refractivity contribution in [3.05, 3.63) is 47.9 Å². The number of piperidine rings is 1. The zero-order valence-corrected chi connectivity index (χ0v) is 10.4. The maximum Gasteiger partial charge on any atom is 0.0980 e. The summed E-state index contributed by atoms with van der Waals surface area (Å²) in [5.74, 6) is 0.723. The minimum atomic E-state index is 0.674. The predicted molar refractivity (Wildman–Crippen MR) is 71.6 cm³/mol. The van der Waals surface area contributed by atoms with E-state index in [9.17, 15) is 0 Å². The van der Waals surface area contributed by atoms with Crippen molar-refractivity contribution in [2.24, 2.45) is 0 Å². The summed E-state index contributed by atoms with van der Waals surface area (Å²) in [7, 11) is 0. The van der Waals surface area contributed by atoms with Gasteiger partial charge >= 0.3 is 0 Å². The van der Waals surface area contributed by atoms with Crippen LogP contribution in [0.3, 0.4) is 0 Å². The lowest BCUT2D eigenvalue weighted by Gasteiger charge is -2.27. The number of furan rings is 1. The Morgan fingerprint density at radius 3 is 3.06 bits per heavy atom. The second-order valence-corrected chi connectivity index (χ2v) is 5.44. The minimum absolute atomic E-state index is 0.674. The molecule has 0 saturated carbocycles. The first-order valence-corrected chi connectivity index (χ1v) is 6.80. The summed E-state index contributed by atoms with van der Waals surface area (Å²) >= 11 is 0. The molecule has 1 aliphatic carbocycles. The molecule has 0 amide bonds. The fourth-order valence-electron chi connectivity index (χ4n) is 3.51. The van der Waals surface area contributed by atoms with E-state index in [1.807, 2.05) is 12.3 Å². The van der Waals surface area contributed by atoms with E-state index in [1.54, 1.807) is 11.8 Å². The number of fused-ring (bicyclic) bond motifs is 3. The highest BCUT2D eigenvalue weighted by molar-refractivity contribution is 5.64. The number of benzene rings is 1. The zero-order chi connectivity index (χ0) is 11.9. The molecular formula is C16H17NO. The zero-order valence-electron chi connectivity index (χ0n) is 10.4. The molecule has 0 radical (unpaired) electrons. The fraction of sp³-hybridized carbons (Fsp3) is 0.375. The fourth-order valence-corrected chi connectivity index (χ4v) is 3.51. The van der Waals surface area contributed by atoms with Crippen molar-refractivity contribution >= 4 is 0 Å². The Hall–Kier alpha value is -1.54. The molecule has 0 unspecified atom stereocenters. The quantitative estimate of drug-likeness (QED) is 0.825. The first-order valence-electron chi connectivity index (χ1n) is 6.80. The SMILES string of the molecule is c1cc(-c2ccc3c(c2)[C@H]2CCCN[C@H]2C3)co1. The number of nitrogens with one attached hydrogen (secondary N) is 1. The normalized spacial score (nSPS) is 25.8. The lowest BCUT2D eigenvalue weighted by molar-refractivity contribution is 0.372. The lowest BCUT2D eigenvalue weighted by atomic mass is 9.89. The van der Waals surface area contributed by atoms with Crippen molar-refractivity contribution in [2.45, 2.75) is 31.2 Å². The van der Waals surface area contributed by atoms with E-state index in [0.717, 1.165) is 5.92 Å². The van der Waals surface area contributed by atoms with Crippen molar-refractivity contribution in [1.29, 1.82) is 0 Å². The van der Waals surface area contributed by atoms with E-state index >= 15 is 0 Å². The van der Waals surface area contributed by atoms with Gasteiger partial charge in [0, 0.05) is 11.6 Å². The van der Waals surface area contributed by atoms with Crippen LogP contribution in [0, 0.1) is 0 Å². The average molecular weight is 239 g/mol. The second kappa shape index (κ2) is 3.99. The molecule has 2 heterocycles. The number of hydrogen-bond acceptors (Lipinski definition) is 2. The van der Waals surface area contributed by atoms with Crippen molar-refractivity contribution in [2.75, 3.05) is 6.54 Å². The van der Waals surface area contributed by atoms with E-state index in [2.05, 4.69) is 23.5 Å². The van der Waals surface area contributed by atoms with E-state index < -0.39 is 0 Å². The standard InChI is InChI=1S/C16H17NO/c1-2-14-15-8-11(13-5-7-18-10-13)3-4-12(15)9-16(14)17-6-1/h3-5,7-8,10,14,16-17H,1-2,6,9H2/t14-,16+/m1/s1. The molecule has 1 aliphatic heterocycles. The minimum Gasteiger partial charge on any atom is -0.472 e. The smallest absolute Gasteiger partial charge is 0.0980 e. The molecular weight excluding hydrogens is 222 g/mol. The Bertz CT molecular complexity index is 558. The molecule has 2 nitrogen and oxygen atoms in total. The molecule has 1 aromatic heterocycles. The van der Waals surface area contributed by atoms with Crippen LogP contribution in [0.25, 0.3) is 11.1 Å². The van der Waals surface area contributed by atoms with Crippen molar-refractivity contribution < 1.29 is 4.42 Å². The average Bonchev–Trinajstić information content (AvgIpc) is 3.05. The molecule has 1 aromatic carbocycles. The third-order valence-corrected chi connectivity index (χ3v) is 4.42. The van der Waals surface area contributed by atoms with E-state index in [1.165, 1.54) is 42.5 Å². The Labute approximate surface area is 107 Å². The molecule has 2 aromatic rings. The summed E-state index contributed by atoms with van der Waals surface area (Å²) in [6.07, 6.45) is 7.41. The van der Waals surface area contributed by atoms with Crippen LogP contribution in [0.1, 0.15) is 29.9 Å². The molecule has 92 valence electrons. The van der Waals surface area contributed by atoms with Gasteiger partial charge in [-0.3, -0.25) is 0 Å². The maximum absolute atomic E-state index is 5.18. The lowest BCUT2D eigenvalue weighted by Crippen LogP contribution is -2.37. The van der Waals surface area contributed by atoms with Gasteiger partial charge in [-0.15, -0.1) is 0 Å². The summed E-state index contributed by atoms with van der Waals surface area (Å²) in [5.41, 5.74) is 5.57. The van der Waals surface area contributed by atoms with E-state index in [4.69, 9.17) is 4.42 Å². The Morgan fingerprint density at radius 2 is 2.17 bits per heavy atom. The summed E-state index contributed by atoms with van der Waals surface area (Å²) in [4.78, 5) is 0. The van der Waals surface area contributed by atoms with Gasteiger partial charge < -0.3 is 9.73 Å². The summed E-state index contributed by atoms with van der Waals surface area (Å²) in [5, 5.41) is 3.66. The first-order chi connectivity index (χ1) is 8.92. The number of rotatable bonds is 1. The van der Waals surface area contributed by atoms with Crippen LogP contribution in [-0.4, -0.2) is 12.6 Å². The highest BCUT2D eigenvalue weighted by Gasteiger charge is 2.33. The van der Waals surface area contributed by atoms with Crippen molar-refractivity contribution in [3.8, 4) is 11.1 Å². The molecule has 0 bridgehead atoms. The van der Waals surface area contributed by atoms with Crippen LogP contribution in [0.15, 0.2) is 41.2 Å². The van der Waals surface area contributed by atoms with Gasteiger partial charge in [0.15, 0.2) is 0 Å². The third kappa shape index (κ3) is 1.52. The van der Waals surface area contributed by atoms with Gasteiger partial charge in [0.25, 0.3) is 0 Å². The van der Waals surface area contributed by atoms with Gasteiger partial charge in [-0.05, 0) is 54.5 Å². The monoisotopic (exact) mass is 239 g/mol. The highest BCUT2D eigenvalue weighted by atomic mass is 16.3. The molecule has 18 heavy (non-hydrogen) atoms. The summed E-state index contributed by atoms with van der Waals surface area (Å²) in [6.45, 7) is 1.18. The summed E-state index contributed by atoms with van der Waals surface area (Å²) in [6, 6.07) is 9.61. The van der Waals surface area contributed by atoms with Gasteiger partial charge in [-0.1, -0.05) is 18.2 Å². The van der Waals surface area contributed by atoms with Gasteiger partial charge in [0.1, 0.15) is 0 Å².